The van der Waals surface area contributed by atoms with Crippen molar-refractivity contribution in [3.63, 3.8) is 0 Å². The van der Waals surface area contributed by atoms with Gasteiger partial charge in [0.1, 0.15) is 0 Å². The maximum atomic E-state index is 2.28. The summed E-state index contributed by atoms with van der Waals surface area (Å²) in [6.45, 7) is 4.33. The van der Waals surface area contributed by atoms with E-state index in [2.05, 4.69) is 111 Å². The zero-order chi connectivity index (χ0) is 18.1. The Morgan fingerprint density at radius 1 is 0.615 bits per heavy atom. The van der Waals surface area contributed by atoms with Crippen LogP contribution in [0.15, 0.2) is 84.9 Å². The van der Waals surface area contributed by atoms with Crippen LogP contribution in [-0.4, -0.2) is 7.05 Å². The third-order valence-corrected chi connectivity index (χ3v) is 5.22. The molecule has 4 aromatic rings. The van der Waals surface area contributed by atoms with E-state index in [1.165, 1.54) is 44.4 Å². The van der Waals surface area contributed by atoms with E-state index in [1.807, 2.05) is 0 Å². The summed E-state index contributed by atoms with van der Waals surface area (Å²) in [4.78, 5) is 2.28. The van der Waals surface area contributed by atoms with Gasteiger partial charge in [-0.3, -0.25) is 0 Å². The highest BCUT2D eigenvalue weighted by molar-refractivity contribution is 6.04. The molecule has 4 rings (SSSR count). The molecule has 0 saturated heterocycles. The van der Waals surface area contributed by atoms with Crippen LogP contribution in [0.2, 0.25) is 0 Å². The van der Waals surface area contributed by atoms with Gasteiger partial charge in [0.2, 0.25) is 0 Å². The molecule has 0 heterocycles. The van der Waals surface area contributed by atoms with Gasteiger partial charge in [0, 0.05) is 23.8 Å². The Labute approximate surface area is 155 Å². The molecule has 0 bridgehead atoms. The quantitative estimate of drug-likeness (QED) is 0.393. The van der Waals surface area contributed by atoms with E-state index in [4.69, 9.17) is 0 Å². The molecule has 128 valence electrons. The molecule has 0 amide bonds. The summed E-state index contributed by atoms with van der Waals surface area (Å²) >= 11 is 0. The summed E-state index contributed by atoms with van der Waals surface area (Å²) in [5.74, 6) is 0. The highest BCUT2D eigenvalue weighted by atomic mass is 15.1. The Hall–Kier alpha value is -3.06. The lowest BCUT2D eigenvalue weighted by Gasteiger charge is -2.23. The molecule has 0 aliphatic carbocycles. The van der Waals surface area contributed by atoms with Crippen LogP contribution in [0.4, 0.5) is 11.4 Å². The number of hydrogen-bond acceptors (Lipinski definition) is 1. The molecular formula is C25H23N. The minimum absolute atomic E-state index is 1.21. The molecular weight excluding hydrogens is 314 g/mol. The second-order valence-corrected chi connectivity index (χ2v) is 6.87. The lowest BCUT2D eigenvalue weighted by molar-refractivity contribution is 1.20. The Morgan fingerprint density at radius 3 is 2.12 bits per heavy atom. The third kappa shape index (κ3) is 2.86. The maximum Gasteiger partial charge on any atom is 0.0487 e. The van der Waals surface area contributed by atoms with Crippen molar-refractivity contribution in [2.45, 2.75) is 13.8 Å². The molecule has 0 aliphatic rings. The minimum Gasteiger partial charge on any atom is -0.344 e. The van der Waals surface area contributed by atoms with Crippen LogP contribution in [0.3, 0.4) is 0 Å². The molecule has 26 heavy (non-hydrogen) atoms. The molecule has 0 aromatic heterocycles. The fourth-order valence-corrected chi connectivity index (χ4v) is 3.53. The summed E-state index contributed by atoms with van der Waals surface area (Å²) in [5, 5.41) is 2.56. The average molecular weight is 337 g/mol. The summed E-state index contributed by atoms with van der Waals surface area (Å²) in [7, 11) is 2.15. The van der Waals surface area contributed by atoms with Crippen LogP contribution in [0, 0.1) is 13.8 Å². The number of hydrogen-bond donors (Lipinski definition) is 0. The van der Waals surface area contributed by atoms with Gasteiger partial charge in [0.05, 0.1) is 0 Å². The van der Waals surface area contributed by atoms with Gasteiger partial charge in [-0.25, -0.2) is 0 Å². The summed E-state index contributed by atoms with van der Waals surface area (Å²) in [6, 6.07) is 30.4. The summed E-state index contributed by atoms with van der Waals surface area (Å²) in [5.41, 5.74) is 7.61. The van der Waals surface area contributed by atoms with Crippen LogP contribution in [0.1, 0.15) is 11.1 Å². The Kier molecular flexibility index (Phi) is 4.22. The van der Waals surface area contributed by atoms with Crippen molar-refractivity contribution in [3.05, 3.63) is 96.1 Å². The first kappa shape index (κ1) is 16.4. The molecule has 0 unspecified atom stereocenters. The fraction of sp³-hybridized carbons (Fsp3) is 0.120. The van der Waals surface area contributed by atoms with E-state index < -0.39 is 0 Å². The van der Waals surface area contributed by atoms with Crippen molar-refractivity contribution in [2.24, 2.45) is 0 Å². The maximum absolute atomic E-state index is 2.28. The molecule has 0 radical (unpaired) electrons. The first-order chi connectivity index (χ1) is 12.6. The van der Waals surface area contributed by atoms with Crippen molar-refractivity contribution in [1.29, 1.82) is 0 Å². The van der Waals surface area contributed by atoms with Crippen molar-refractivity contribution in [3.8, 4) is 11.1 Å². The van der Waals surface area contributed by atoms with Crippen LogP contribution in [0.5, 0.6) is 0 Å². The van der Waals surface area contributed by atoms with Crippen LogP contribution >= 0.6 is 0 Å². The predicted molar refractivity (Wildman–Crippen MR) is 113 cm³/mol. The van der Waals surface area contributed by atoms with Crippen molar-refractivity contribution in [2.75, 3.05) is 11.9 Å². The lowest BCUT2D eigenvalue weighted by Crippen LogP contribution is -2.10. The van der Waals surface area contributed by atoms with E-state index >= 15 is 0 Å². The molecule has 0 aliphatic heterocycles. The van der Waals surface area contributed by atoms with Gasteiger partial charge in [-0.2, -0.15) is 0 Å². The molecule has 0 atom stereocenters. The van der Waals surface area contributed by atoms with E-state index in [9.17, 15) is 0 Å². The van der Waals surface area contributed by atoms with Gasteiger partial charge < -0.3 is 4.90 Å². The molecule has 1 nitrogen and oxygen atoms in total. The summed E-state index contributed by atoms with van der Waals surface area (Å²) < 4.78 is 0. The van der Waals surface area contributed by atoms with E-state index in [-0.39, 0.29) is 0 Å². The predicted octanol–water partition coefficient (Wildman–Crippen LogP) is 6.89. The Bertz CT molecular complexity index is 1060. The van der Waals surface area contributed by atoms with Crippen molar-refractivity contribution >= 4 is 22.1 Å². The van der Waals surface area contributed by atoms with Crippen LogP contribution in [0.25, 0.3) is 21.9 Å². The number of fused-ring (bicyclic) bond motifs is 1. The monoisotopic (exact) mass is 337 g/mol. The zero-order valence-electron chi connectivity index (χ0n) is 15.5. The zero-order valence-corrected chi connectivity index (χ0v) is 15.5. The first-order valence-corrected chi connectivity index (χ1v) is 9.03. The second kappa shape index (κ2) is 6.68. The number of anilines is 2. The largest absolute Gasteiger partial charge is 0.344 e. The fourth-order valence-electron chi connectivity index (χ4n) is 3.53. The molecule has 0 saturated carbocycles. The smallest absolute Gasteiger partial charge is 0.0487 e. The molecule has 0 fully saturated rings. The van der Waals surface area contributed by atoms with Gasteiger partial charge in [0.25, 0.3) is 0 Å². The average Bonchev–Trinajstić information content (AvgIpc) is 2.69. The van der Waals surface area contributed by atoms with Gasteiger partial charge in [-0.1, -0.05) is 66.7 Å². The second-order valence-electron chi connectivity index (χ2n) is 6.87. The number of rotatable bonds is 3. The van der Waals surface area contributed by atoms with Gasteiger partial charge in [0.15, 0.2) is 0 Å². The van der Waals surface area contributed by atoms with Crippen molar-refractivity contribution in [1.82, 2.24) is 0 Å². The van der Waals surface area contributed by atoms with E-state index in [1.54, 1.807) is 0 Å². The van der Waals surface area contributed by atoms with E-state index in [0.717, 1.165) is 0 Å². The van der Waals surface area contributed by atoms with Gasteiger partial charge in [-0.15, -0.1) is 0 Å². The van der Waals surface area contributed by atoms with Gasteiger partial charge >= 0.3 is 0 Å². The van der Waals surface area contributed by atoms with Crippen LogP contribution < -0.4 is 4.90 Å². The van der Waals surface area contributed by atoms with Gasteiger partial charge in [-0.05, 0) is 59.7 Å². The number of benzene rings is 4. The first-order valence-electron chi connectivity index (χ1n) is 9.03. The minimum atomic E-state index is 1.21. The van der Waals surface area contributed by atoms with Crippen LogP contribution in [-0.2, 0) is 0 Å². The Balaban J connectivity index is 1.87. The molecule has 0 spiro atoms. The standard InChI is InChI=1S/C25H23N/c1-18-15-16-21(17-19(18)2)26(3)25-14-8-12-23-22(11-7-13-24(23)25)20-9-5-4-6-10-20/h4-17H,1-3H3. The Morgan fingerprint density at radius 2 is 1.35 bits per heavy atom. The highest BCUT2D eigenvalue weighted by Gasteiger charge is 2.11. The topological polar surface area (TPSA) is 3.24 Å². The normalized spacial score (nSPS) is 10.9. The third-order valence-electron chi connectivity index (χ3n) is 5.22. The summed E-state index contributed by atoms with van der Waals surface area (Å²) in [6.07, 6.45) is 0. The number of aryl methyl sites for hydroxylation is 2. The molecule has 4 aromatic carbocycles. The van der Waals surface area contributed by atoms with Crippen molar-refractivity contribution < 1.29 is 0 Å². The van der Waals surface area contributed by atoms with E-state index in [0.29, 0.717) is 0 Å². The lowest BCUT2D eigenvalue weighted by atomic mass is 9.97. The number of nitrogens with zero attached hydrogens (tertiary/aromatic N) is 1. The SMILES string of the molecule is Cc1ccc(N(C)c2cccc3c(-c4ccccc4)cccc23)cc1C. The molecule has 0 N–H and O–H groups in total. The molecule has 1 heteroatoms. The highest BCUT2D eigenvalue weighted by Crippen LogP contribution is 2.36.